The van der Waals surface area contributed by atoms with Gasteiger partial charge in [-0.25, -0.2) is 13.2 Å². The highest BCUT2D eigenvalue weighted by molar-refractivity contribution is 7.87. The van der Waals surface area contributed by atoms with Crippen molar-refractivity contribution in [3.8, 4) is 0 Å². The molecule has 0 aliphatic rings. The standard InChI is InChI=1S/C6H5F9O4S.2C2H5F.CH2F2.2CH3F.3CH4/c1-18-20(16,17)6(14,15)4(10,11)3(8,9)5(12,13)19-2-7;2*1-2-3;2-1-3;2*1-2;;;/h2H2,1H3;2*2H2,1H3;1H2;2*1H3;3*1H4. The molecule has 0 aromatic carbocycles. The minimum Gasteiger partial charge on any atom is -0.283 e. The number of hydrogen-bond acceptors (Lipinski definition) is 4. The third-order valence-corrected chi connectivity index (χ3v) is 3.22. The predicted molar refractivity (Wildman–Crippen MR) is 107 cm³/mol. The molecule has 20 heteroatoms. The van der Waals surface area contributed by atoms with Crippen LogP contribution in [0.15, 0.2) is 0 Å². The maximum absolute atomic E-state index is 12.8. The van der Waals surface area contributed by atoms with Crippen LogP contribution in [0.3, 0.4) is 0 Å². The van der Waals surface area contributed by atoms with Crippen molar-refractivity contribution in [2.45, 2.75) is 59.3 Å². The summed E-state index contributed by atoms with van der Waals surface area (Å²) in [5.74, 6) is -14.2. The minimum absolute atomic E-state index is 0. The van der Waals surface area contributed by atoms with Crippen LogP contribution in [-0.4, -0.2) is 80.2 Å². The Morgan fingerprint density at radius 2 is 0.861 bits per heavy atom. The van der Waals surface area contributed by atoms with Gasteiger partial charge in [0.2, 0.25) is 6.93 Å². The van der Waals surface area contributed by atoms with Crippen LogP contribution in [0.5, 0.6) is 0 Å². The van der Waals surface area contributed by atoms with Gasteiger partial charge < -0.3 is 0 Å². The van der Waals surface area contributed by atoms with Crippen LogP contribution >= 0.6 is 0 Å². The van der Waals surface area contributed by atoms with E-state index in [2.05, 4.69) is 8.92 Å². The Balaban J connectivity index is -0.0000000551. The third kappa shape index (κ3) is 19.0. The van der Waals surface area contributed by atoms with Crippen LogP contribution in [-0.2, 0) is 19.0 Å². The molecule has 0 N–H and O–H groups in total. The summed E-state index contributed by atoms with van der Waals surface area (Å²) in [5.41, 5.74) is 0. The number of halogens is 15. The largest absolute Gasteiger partial charge is 0.438 e. The molecule has 234 valence electrons. The van der Waals surface area contributed by atoms with Crippen molar-refractivity contribution in [1.82, 2.24) is 0 Å². The van der Waals surface area contributed by atoms with Gasteiger partial charge in [-0.3, -0.25) is 26.5 Å². The van der Waals surface area contributed by atoms with E-state index in [0.717, 1.165) is 0 Å². The fourth-order valence-corrected chi connectivity index (χ4v) is 1.44. The molecule has 0 amide bonds. The van der Waals surface area contributed by atoms with Crippen molar-refractivity contribution >= 4 is 10.1 Å². The second-order valence-corrected chi connectivity index (χ2v) is 5.45. The van der Waals surface area contributed by atoms with Crippen LogP contribution in [0.2, 0.25) is 0 Å². The molecule has 0 aliphatic heterocycles. The minimum atomic E-state index is -7.16. The average molecular weight is 608 g/mol. The first-order valence-electron chi connectivity index (χ1n) is 7.37. The molecule has 0 fully saturated rings. The van der Waals surface area contributed by atoms with Gasteiger partial charge in [-0.15, -0.1) is 0 Å². The van der Waals surface area contributed by atoms with Gasteiger partial charge in [0, 0.05) is 0 Å². The van der Waals surface area contributed by atoms with Gasteiger partial charge in [-0.1, -0.05) is 22.3 Å². The van der Waals surface area contributed by atoms with Gasteiger partial charge >= 0.3 is 33.3 Å². The molecule has 0 aliphatic carbocycles. The number of rotatable bonds is 7. The molecule has 36 heavy (non-hydrogen) atoms. The SMILES string of the molecule is C.C.C.CCF.CCF.CF.CF.COS(=O)(=O)C(F)(F)C(F)(F)C(F)(F)C(F)(F)OCF.FCF. The molecule has 0 saturated heterocycles. The van der Waals surface area contributed by atoms with Crippen LogP contribution in [0.25, 0.3) is 0 Å². The lowest BCUT2D eigenvalue weighted by atomic mass is 10.1. The van der Waals surface area contributed by atoms with E-state index in [4.69, 9.17) is 0 Å². The van der Waals surface area contributed by atoms with E-state index in [1.165, 1.54) is 13.8 Å². The zero-order valence-corrected chi connectivity index (χ0v) is 18.4. The molecular formula is C16H35F15O4S. The van der Waals surface area contributed by atoms with E-state index in [9.17, 15) is 74.3 Å². The van der Waals surface area contributed by atoms with Crippen LogP contribution in [0.4, 0.5) is 65.9 Å². The maximum atomic E-state index is 12.8. The maximum Gasteiger partial charge on any atom is 0.438 e. The highest BCUT2D eigenvalue weighted by Gasteiger charge is 2.85. The first-order valence-corrected chi connectivity index (χ1v) is 8.78. The van der Waals surface area contributed by atoms with Gasteiger partial charge in [-0.05, 0) is 13.8 Å². The number of alkyl halides is 15. The van der Waals surface area contributed by atoms with E-state index in [0.29, 0.717) is 14.4 Å². The Morgan fingerprint density at radius 1 is 0.639 bits per heavy atom. The molecule has 0 saturated carbocycles. The summed E-state index contributed by atoms with van der Waals surface area (Å²) in [4.78, 5) is 0. The molecular weight excluding hydrogens is 573 g/mol. The topological polar surface area (TPSA) is 52.6 Å². The van der Waals surface area contributed by atoms with E-state index in [1.807, 2.05) is 0 Å². The summed E-state index contributed by atoms with van der Waals surface area (Å²) in [5, 5.41) is -6.73. The van der Waals surface area contributed by atoms with Crippen molar-refractivity contribution in [1.29, 1.82) is 0 Å². The summed E-state index contributed by atoms with van der Waals surface area (Å²) < 4.78 is 198. The number of hydrogen-bond donors (Lipinski definition) is 0. The molecule has 0 bridgehead atoms. The van der Waals surface area contributed by atoms with Gasteiger partial charge in [0.05, 0.1) is 34.8 Å². The van der Waals surface area contributed by atoms with Crippen molar-refractivity contribution in [2.24, 2.45) is 0 Å². The zero-order chi connectivity index (χ0) is 28.7. The lowest BCUT2D eigenvalue weighted by Gasteiger charge is -2.34. The predicted octanol–water partition coefficient (Wildman–Crippen LogP) is 8.28. The highest BCUT2D eigenvalue weighted by Crippen LogP contribution is 2.54. The van der Waals surface area contributed by atoms with Crippen molar-refractivity contribution in [2.75, 3.05) is 48.6 Å². The van der Waals surface area contributed by atoms with E-state index in [-0.39, 0.29) is 42.7 Å². The average Bonchev–Trinajstić information content (AvgIpc) is 2.72. The van der Waals surface area contributed by atoms with E-state index >= 15 is 0 Å². The lowest BCUT2D eigenvalue weighted by Crippen LogP contribution is -2.65. The molecule has 0 spiro atoms. The fraction of sp³-hybridized carbons (Fsp3) is 1.00. The van der Waals surface area contributed by atoms with E-state index < -0.39 is 47.1 Å². The van der Waals surface area contributed by atoms with Gasteiger partial charge in [-0.2, -0.15) is 43.5 Å². The normalized spacial score (nSPS) is 10.4. The first kappa shape index (κ1) is 59.7. The molecule has 0 heterocycles. The molecule has 0 atom stereocenters. The molecule has 0 unspecified atom stereocenters. The monoisotopic (exact) mass is 608 g/mol. The van der Waals surface area contributed by atoms with Gasteiger partial charge in [0.1, 0.15) is 0 Å². The first-order chi connectivity index (χ1) is 14.9. The Bertz CT molecular complexity index is 503. The zero-order valence-electron chi connectivity index (χ0n) is 17.5. The third-order valence-electron chi connectivity index (χ3n) is 1.89. The molecule has 0 aromatic heterocycles. The highest BCUT2D eigenvalue weighted by atomic mass is 32.2. The van der Waals surface area contributed by atoms with Crippen molar-refractivity contribution in [3.05, 3.63) is 0 Å². The second kappa shape index (κ2) is 30.0. The second-order valence-electron chi connectivity index (χ2n) is 3.69. The summed E-state index contributed by atoms with van der Waals surface area (Å²) in [6.45, 7) is -2.05. The van der Waals surface area contributed by atoms with Gasteiger partial charge in [0.25, 0.3) is 0 Å². The Labute approximate surface area is 202 Å². The van der Waals surface area contributed by atoms with Crippen molar-refractivity contribution < 1.29 is 83.2 Å². The molecule has 4 nitrogen and oxygen atoms in total. The Kier molecular flexibility index (Phi) is 49.9. The molecule has 0 aromatic rings. The molecule has 0 rings (SSSR count). The van der Waals surface area contributed by atoms with Crippen LogP contribution < -0.4 is 0 Å². The summed E-state index contributed by atoms with van der Waals surface area (Å²) in [6, 6.07) is 0. The summed E-state index contributed by atoms with van der Waals surface area (Å²) in [7, 11) is -5.75. The fourth-order valence-electron chi connectivity index (χ4n) is 0.786. The number of ether oxygens (including phenoxy) is 1. The molecule has 0 radical (unpaired) electrons. The smallest absolute Gasteiger partial charge is 0.283 e. The Morgan fingerprint density at radius 3 is 1.03 bits per heavy atom. The lowest BCUT2D eigenvalue weighted by molar-refractivity contribution is -0.422. The van der Waals surface area contributed by atoms with E-state index in [1.54, 1.807) is 0 Å². The van der Waals surface area contributed by atoms with Gasteiger partial charge in [0.15, 0.2) is 6.86 Å². The summed E-state index contributed by atoms with van der Waals surface area (Å²) >= 11 is 0. The summed E-state index contributed by atoms with van der Waals surface area (Å²) in [6.07, 6.45) is -6.40. The Hall–Kier alpha value is -1.18. The van der Waals surface area contributed by atoms with Crippen LogP contribution in [0, 0.1) is 0 Å². The van der Waals surface area contributed by atoms with Crippen LogP contribution in [0.1, 0.15) is 36.1 Å². The quantitative estimate of drug-likeness (QED) is 0.216. The van der Waals surface area contributed by atoms with Crippen molar-refractivity contribution in [3.63, 3.8) is 0 Å².